The van der Waals surface area contributed by atoms with Crippen LogP contribution in [0.2, 0.25) is 0 Å². The Labute approximate surface area is 81.1 Å². The van der Waals surface area contributed by atoms with E-state index in [1.54, 1.807) is 13.8 Å². The minimum atomic E-state index is -4.72. The van der Waals surface area contributed by atoms with Crippen LogP contribution in [0.15, 0.2) is 0 Å². The number of nitrogens with zero attached hydrogens (tertiary/aromatic N) is 1. The van der Waals surface area contributed by atoms with Crippen LogP contribution in [0.3, 0.4) is 0 Å². The molecule has 0 aliphatic carbocycles. The predicted molar refractivity (Wildman–Crippen MR) is 46.6 cm³/mol. The SMILES string of the molecule is CCN(CC)C(=O)C(C)(N)C(F)(F)F. The number of amides is 1. The van der Waals surface area contributed by atoms with Crippen LogP contribution in [0.25, 0.3) is 0 Å². The third-order valence-electron chi connectivity index (χ3n) is 2.08. The number of likely N-dealkylation sites (N-methyl/N-ethyl adjacent to an activating group) is 1. The van der Waals surface area contributed by atoms with Crippen molar-refractivity contribution in [3.63, 3.8) is 0 Å². The summed E-state index contributed by atoms with van der Waals surface area (Å²) in [4.78, 5) is 12.4. The zero-order valence-electron chi connectivity index (χ0n) is 8.48. The van der Waals surface area contributed by atoms with Gasteiger partial charge in [-0.1, -0.05) is 0 Å². The van der Waals surface area contributed by atoms with Gasteiger partial charge in [0.15, 0.2) is 5.54 Å². The Morgan fingerprint density at radius 1 is 1.29 bits per heavy atom. The Kier molecular flexibility index (Phi) is 3.93. The summed E-state index contributed by atoms with van der Waals surface area (Å²) in [6, 6.07) is 0. The molecule has 0 aliphatic rings. The monoisotopic (exact) mass is 212 g/mol. The first-order chi connectivity index (χ1) is 6.18. The molecule has 0 heterocycles. The van der Waals surface area contributed by atoms with E-state index in [-0.39, 0.29) is 13.1 Å². The summed E-state index contributed by atoms with van der Waals surface area (Å²) in [6.45, 7) is 4.34. The van der Waals surface area contributed by atoms with Gasteiger partial charge in [0, 0.05) is 13.1 Å². The lowest BCUT2D eigenvalue weighted by Crippen LogP contribution is -2.62. The van der Waals surface area contributed by atoms with Crippen LogP contribution in [0.5, 0.6) is 0 Å². The van der Waals surface area contributed by atoms with Gasteiger partial charge < -0.3 is 10.6 Å². The van der Waals surface area contributed by atoms with Crippen molar-refractivity contribution in [1.82, 2.24) is 4.90 Å². The quantitative estimate of drug-likeness (QED) is 0.762. The van der Waals surface area contributed by atoms with E-state index in [9.17, 15) is 18.0 Å². The molecule has 0 spiro atoms. The average Bonchev–Trinajstić information content (AvgIpc) is 2.04. The summed E-state index contributed by atoms with van der Waals surface area (Å²) in [5.41, 5.74) is 2.18. The molecule has 3 nitrogen and oxygen atoms in total. The van der Waals surface area contributed by atoms with Gasteiger partial charge in [0.1, 0.15) is 0 Å². The van der Waals surface area contributed by atoms with Gasteiger partial charge in [-0.3, -0.25) is 4.79 Å². The van der Waals surface area contributed by atoms with Crippen molar-refractivity contribution in [3.05, 3.63) is 0 Å². The molecular formula is C8H15F3N2O. The number of hydrogen-bond acceptors (Lipinski definition) is 2. The Balaban J connectivity index is 4.83. The molecule has 0 fully saturated rings. The highest BCUT2D eigenvalue weighted by Crippen LogP contribution is 2.29. The van der Waals surface area contributed by atoms with E-state index in [0.29, 0.717) is 6.92 Å². The molecule has 14 heavy (non-hydrogen) atoms. The summed E-state index contributed by atoms with van der Waals surface area (Å²) >= 11 is 0. The Bertz CT molecular complexity index is 209. The number of alkyl halides is 3. The summed E-state index contributed by atoms with van der Waals surface area (Å²) in [5.74, 6) is -1.09. The fourth-order valence-electron chi connectivity index (χ4n) is 0.961. The zero-order chi connectivity index (χ0) is 11.6. The summed E-state index contributed by atoms with van der Waals surface area (Å²) in [7, 11) is 0. The predicted octanol–water partition coefficient (Wildman–Crippen LogP) is 1.13. The van der Waals surface area contributed by atoms with Crippen molar-refractivity contribution in [2.24, 2.45) is 5.73 Å². The van der Waals surface area contributed by atoms with Crippen molar-refractivity contribution in [1.29, 1.82) is 0 Å². The van der Waals surface area contributed by atoms with Gasteiger partial charge >= 0.3 is 6.18 Å². The molecule has 1 amide bonds. The standard InChI is InChI=1S/C8H15F3N2O/c1-4-13(5-2)6(14)7(3,12)8(9,10)11/h4-5,12H2,1-3H3. The molecule has 0 saturated heterocycles. The second kappa shape index (κ2) is 4.16. The van der Waals surface area contributed by atoms with Gasteiger partial charge in [-0.05, 0) is 20.8 Å². The normalized spacial score (nSPS) is 16.2. The third-order valence-corrected chi connectivity index (χ3v) is 2.08. The molecule has 0 rings (SSSR count). The van der Waals surface area contributed by atoms with E-state index >= 15 is 0 Å². The highest BCUT2D eigenvalue weighted by Gasteiger charge is 2.54. The van der Waals surface area contributed by atoms with Crippen LogP contribution < -0.4 is 5.73 Å². The molecule has 0 bridgehead atoms. The lowest BCUT2D eigenvalue weighted by atomic mass is 10.0. The number of carbonyl (C=O) groups excluding carboxylic acids is 1. The molecular weight excluding hydrogens is 197 g/mol. The van der Waals surface area contributed by atoms with E-state index in [4.69, 9.17) is 5.73 Å². The van der Waals surface area contributed by atoms with Gasteiger partial charge in [0.2, 0.25) is 0 Å². The van der Waals surface area contributed by atoms with Crippen LogP contribution in [-0.4, -0.2) is 35.6 Å². The van der Waals surface area contributed by atoms with Gasteiger partial charge in [-0.2, -0.15) is 13.2 Å². The lowest BCUT2D eigenvalue weighted by Gasteiger charge is -2.31. The highest BCUT2D eigenvalue weighted by atomic mass is 19.4. The molecule has 1 atom stereocenters. The maximum absolute atomic E-state index is 12.3. The molecule has 84 valence electrons. The molecule has 0 aliphatic heterocycles. The summed E-state index contributed by atoms with van der Waals surface area (Å²) in [6.07, 6.45) is -4.72. The minimum Gasteiger partial charge on any atom is -0.341 e. The zero-order valence-corrected chi connectivity index (χ0v) is 8.48. The van der Waals surface area contributed by atoms with Crippen molar-refractivity contribution < 1.29 is 18.0 Å². The molecule has 0 aromatic carbocycles. The van der Waals surface area contributed by atoms with E-state index in [2.05, 4.69) is 0 Å². The Morgan fingerprint density at radius 3 is 1.86 bits per heavy atom. The van der Waals surface area contributed by atoms with E-state index in [1.165, 1.54) is 0 Å². The molecule has 0 aromatic heterocycles. The van der Waals surface area contributed by atoms with Crippen molar-refractivity contribution in [2.45, 2.75) is 32.5 Å². The fraction of sp³-hybridized carbons (Fsp3) is 0.875. The maximum Gasteiger partial charge on any atom is 0.415 e. The van der Waals surface area contributed by atoms with E-state index in [0.717, 1.165) is 4.90 Å². The maximum atomic E-state index is 12.3. The second-order valence-electron chi connectivity index (χ2n) is 3.18. The second-order valence-corrected chi connectivity index (χ2v) is 3.18. The van der Waals surface area contributed by atoms with Crippen LogP contribution >= 0.6 is 0 Å². The number of nitrogens with two attached hydrogens (primary N) is 1. The smallest absolute Gasteiger partial charge is 0.341 e. The molecule has 2 N–H and O–H groups in total. The average molecular weight is 212 g/mol. The van der Waals surface area contributed by atoms with Gasteiger partial charge in [-0.15, -0.1) is 0 Å². The topological polar surface area (TPSA) is 46.3 Å². The molecule has 0 saturated carbocycles. The molecule has 0 aromatic rings. The number of hydrogen-bond donors (Lipinski definition) is 1. The minimum absolute atomic E-state index is 0.220. The number of rotatable bonds is 3. The Morgan fingerprint density at radius 2 is 1.64 bits per heavy atom. The lowest BCUT2D eigenvalue weighted by molar-refractivity contribution is -0.193. The van der Waals surface area contributed by atoms with E-state index < -0.39 is 17.6 Å². The Hall–Kier alpha value is -0.780. The van der Waals surface area contributed by atoms with Gasteiger partial charge in [0.05, 0.1) is 0 Å². The summed E-state index contributed by atoms with van der Waals surface area (Å²) in [5, 5.41) is 0. The fourth-order valence-corrected chi connectivity index (χ4v) is 0.961. The first-order valence-corrected chi connectivity index (χ1v) is 4.33. The molecule has 0 radical (unpaired) electrons. The third kappa shape index (κ3) is 2.37. The first-order valence-electron chi connectivity index (χ1n) is 4.33. The molecule has 1 unspecified atom stereocenters. The largest absolute Gasteiger partial charge is 0.415 e. The van der Waals surface area contributed by atoms with E-state index in [1.807, 2.05) is 0 Å². The van der Waals surface area contributed by atoms with Crippen molar-refractivity contribution in [2.75, 3.05) is 13.1 Å². The number of carbonyl (C=O) groups is 1. The van der Waals surface area contributed by atoms with Crippen LogP contribution in [0.1, 0.15) is 20.8 Å². The van der Waals surface area contributed by atoms with Crippen molar-refractivity contribution in [3.8, 4) is 0 Å². The van der Waals surface area contributed by atoms with Crippen LogP contribution in [-0.2, 0) is 4.79 Å². The van der Waals surface area contributed by atoms with Gasteiger partial charge in [0.25, 0.3) is 5.91 Å². The van der Waals surface area contributed by atoms with Crippen LogP contribution in [0.4, 0.5) is 13.2 Å². The van der Waals surface area contributed by atoms with Crippen molar-refractivity contribution >= 4 is 5.91 Å². The molecule has 6 heteroatoms. The first kappa shape index (κ1) is 13.2. The van der Waals surface area contributed by atoms with Crippen LogP contribution in [0, 0.1) is 0 Å². The van der Waals surface area contributed by atoms with Gasteiger partial charge in [-0.25, -0.2) is 0 Å². The number of halogens is 3. The summed E-state index contributed by atoms with van der Waals surface area (Å²) < 4.78 is 37.0. The highest BCUT2D eigenvalue weighted by molar-refractivity contribution is 5.86.